The van der Waals surface area contributed by atoms with E-state index in [0.717, 1.165) is 18.4 Å². The molecular weight excluding hydrogens is 292 g/mol. The van der Waals surface area contributed by atoms with Crippen LogP contribution in [0.4, 0.5) is 11.4 Å². The molecule has 0 spiro atoms. The molecule has 126 valence electrons. The van der Waals surface area contributed by atoms with E-state index < -0.39 is 11.0 Å². The van der Waals surface area contributed by atoms with Crippen molar-refractivity contribution in [2.24, 2.45) is 5.41 Å². The monoisotopic (exact) mass is 318 g/mol. The van der Waals surface area contributed by atoms with Crippen LogP contribution in [0.15, 0.2) is 18.2 Å². The van der Waals surface area contributed by atoms with Crippen LogP contribution < -0.4 is 10.6 Å². The van der Waals surface area contributed by atoms with Crippen molar-refractivity contribution in [3.05, 3.63) is 23.8 Å². The van der Waals surface area contributed by atoms with Crippen molar-refractivity contribution in [1.29, 1.82) is 0 Å². The van der Waals surface area contributed by atoms with Crippen LogP contribution in [0.3, 0.4) is 0 Å². The SMILES string of the molecule is Cc1ccc(NC(=O)C2(O)CCCC2)cc1NC(=O)C(C)(C)C. The second kappa shape index (κ2) is 6.32. The molecule has 2 amide bonds. The van der Waals surface area contributed by atoms with Crippen LogP contribution in [0.5, 0.6) is 0 Å². The van der Waals surface area contributed by atoms with Crippen molar-refractivity contribution in [2.75, 3.05) is 10.6 Å². The maximum absolute atomic E-state index is 12.3. The molecule has 5 heteroatoms. The Kier molecular flexibility index (Phi) is 4.80. The third-order valence-corrected chi connectivity index (χ3v) is 4.28. The largest absolute Gasteiger partial charge is 0.380 e. The van der Waals surface area contributed by atoms with Gasteiger partial charge < -0.3 is 15.7 Å². The molecule has 0 saturated heterocycles. The molecule has 0 heterocycles. The Morgan fingerprint density at radius 3 is 2.30 bits per heavy atom. The van der Waals surface area contributed by atoms with E-state index in [1.165, 1.54) is 0 Å². The number of hydrogen-bond donors (Lipinski definition) is 3. The molecule has 0 aliphatic heterocycles. The predicted molar refractivity (Wildman–Crippen MR) is 91.3 cm³/mol. The summed E-state index contributed by atoms with van der Waals surface area (Å²) >= 11 is 0. The van der Waals surface area contributed by atoms with Crippen LogP contribution in [0.25, 0.3) is 0 Å². The highest BCUT2D eigenvalue weighted by molar-refractivity contribution is 5.99. The highest BCUT2D eigenvalue weighted by atomic mass is 16.3. The summed E-state index contributed by atoms with van der Waals surface area (Å²) in [5.74, 6) is -0.453. The number of rotatable bonds is 3. The molecule has 0 radical (unpaired) electrons. The molecule has 1 saturated carbocycles. The highest BCUT2D eigenvalue weighted by Gasteiger charge is 2.38. The fourth-order valence-electron chi connectivity index (χ4n) is 2.58. The van der Waals surface area contributed by atoms with E-state index in [2.05, 4.69) is 10.6 Å². The Balaban J connectivity index is 2.14. The van der Waals surface area contributed by atoms with Crippen LogP contribution in [-0.2, 0) is 9.59 Å². The van der Waals surface area contributed by atoms with Crippen molar-refractivity contribution >= 4 is 23.2 Å². The summed E-state index contributed by atoms with van der Waals surface area (Å²) in [7, 11) is 0. The van der Waals surface area contributed by atoms with E-state index in [1.807, 2.05) is 33.8 Å². The van der Waals surface area contributed by atoms with Gasteiger partial charge in [0.15, 0.2) is 0 Å². The second-order valence-corrected chi connectivity index (χ2v) is 7.43. The van der Waals surface area contributed by atoms with Gasteiger partial charge in [0.2, 0.25) is 5.91 Å². The zero-order chi connectivity index (χ0) is 17.3. The van der Waals surface area contributed by atoms with Crippen molar-refractivity contribution in [3.63, 3.8) is 0 Å². The maximum atomic E-state index is 12.3. The first-order chi connectivity index (χ1) is 10.6. The highest BCUT2D eigenvalue weighted by Crippen LogP contribution is 2.31. The van der Waals surface area contributed by atoms with Gasteiger partial charge in [-0.3, -0.25) is 9.59 Å². The maximum Gasteiger partial charge on any atom is 0.256 e. The molecule has 1 aliphatic carbocycles. The Hall–Kier alpha value is -1.88. The van der Waals surface area contributed by atoms with Gasteiger partial charge in [-0.05, 0) is 50.3 Å². The van der Waals surface area contributed by atoms with E-state index in [4.69, 9.17) is 0 Å². The van der Waals surface area contributed by atoms with Gasteiger partial charge in [-0.2, -0.15) is 0 Å². The molecule has 23 heavy (non-hydrogen) atoms. The number of hydrogen-bond acceptors (Lipinski definition) is 3. The third kappa shape index (κ3) is 4.10. The minimum absolute atomic E-state index is 0.0847. The summed E-state index contributed by atoms with van der Waals surface area (Å²) in [5.41, 5.74) is 0.399. The zero-order valence-corrected chi connectivity index (χ0v) is 14.3. The van der Waals surface area contributed by atoms with Gasteiger partial charge in [0.05, 0.1) is 0 Å². The first-order valence-electron chi connectivity index (χ1n) is 8.08. The van der Waals surface area contributed by atoms with Crippen molar-refractivity contribution in [3.8, 4) is 0 Å². The predicted octanol–water partition coefficient (Wildman–Crippen LogP) is 3.22. The third-order valence-electron chi connectivity index (χ3n) is 4.28. The Morgan fingerprint density at radius 1 is 1.13 bits per heavy atom. The summed E-state index contributed by atoms with van der Waals surface area (Å²) in [4.78, 5) is 24.4. The minimum Gasteiger partial charge on any atom is -0.380 e. The Labute approximate surface area is 137 Å². The van der Waals surface area contributed by atoms with Crippen LogP contribution in [-0.4, -0.2) is 22.5 Å². The molecule has 0 aromatic heterocycles. The van der Waals surface area contributed by atoms with Gasteiger partial charge in [0.1, 0.15) is 5.60 Å². The lowest BCUT2D eigenvalue weighted by atomic mass is 9.95. The first kappa shape index (κ1) is 17.5. The van der Waals surface area contributed by atoms with E-state index in [1.54, 1.807) is 12.1 Å². The van der Waals surface area contributed by atoms with Crippen LogP contribution in [0.2, 0.25) is 0 Å². The average Bonchev–Trinajstić information content (AvgIpc) is 2.89. The summed E-state index contributed by atoms with van der Waals surface area (Å²) in [5, 5.41) is 16.0. The molecule has 0 atom stereocenters. The molecule has 5 nitrogen and oxygen atoms in total. The smallest absolute Gasteiger partial charge is 0.256 e. The molecule has 1 aromatic rings. The summed E-state index contributed by atoms with van der Waals surface area (Å²) in [6, 6.07) is 5.35. The fraction of sp³-hybridized carbons (Fsp3) is 0.556. The quantitative estimate of drug-likeness (QED) is 0.800. The van der Waals surface area contributed by atoms with Gasteiger partial charge in [-0.15, -0.1) is 0 Å². The topological polar surface area (TPSA) is 78.4 Å². The molecule has 0 bridgehead atoms. The number of anilines is 2. The van der Waals surface area contributed by atoms with Gasteiger partial charge >= 0.3 is 0 Å². The van der Waals surface area contributed by atoms with Crippen LogP contribution >= 0.6 is 0 Å². The summed E-state index contributed by atoms with van der Waals surface area (Å²) < 4.78 is 0. The number of aryl methyl sites for hydroxylation is 1. The lowest BCUT2D eigenvalue weighted by molar-refractivity contribution is -0.133. The Morgan fingerprint density at radius 2 is 1.74 bits per heavy atom. The van der Waals surface area contributed by atoms with Crippen molar-refractivity contribution in [1.82, 2.24) is 0 Å². The van der Waals surface area contributed by atoms with Gasteiger partial charge in [-0.1, -0.05) is 26.8 Å². The molecule has 1 fully saturated rings. The standard InChI is InChI=1S/C18H26N2O3/c1-12-7-8-13(11-14(12)20-15(21)17(2,3)4)19-16(22)18(23)9-5-6-10-18/h7-8,11,23H,5-6,9-10H2,1-4H3,(H,19,22)(H,20,21). The Bertz CT molecular complexity index is 611. The first-order valence-corrected chi connectivity index (χ1v) is 8.08. The van der Waals surface area contributed by atoms with Crippen molar-refractivity contribution < 1.29 is 14.7 Å². The van der Waals surface area contributed by atoms with Crippen molar-refractivity contribution in [2.45, 2.75) is 59.0 Å². The lowest BCUT2D eigenvalue weighted by Crippen LogP contribution is -2.40. The van der Waals surface area contributed by atoms with E-state index in [9.17, 15) is 14.7 Å². The molecule has 2 rings (SSSR count). The number of amides is 2. The van der Waals surface area contributed by atoms with Gasteiger partial charge in [0, 0.05) is 16.8 Å². The molecule has 1 aliphatic rings. The fourth-order valence-corrected chi connectivity index (χ4v) is 2.58. The second-order valence-electron chi connectivity index (χ2n) is 7.43. The number of benzene rings is 1. The summed E-state index contributed by atoms with van der Waals surface area (Å²) in [6.45, 7) is 7.44. The minimum atomic E-state index is -1.26. The number of aliphatic hydroxyl groups is 1. The number of carbonyl (C=O) groups is 2. The van der Waals surface area contributed by atoms with Gasteiger partial charge in [-0.25, -0.2) is 0 Å². The molecular formula is C18H26N2O3. The zero-order valence-electron chi connectivity index (χ0n) is 14.3. The van der Waals surface area contributed by atoms with Crippen LogP contribution in [0.1, 0.15) is 52.0 Å². The molecule has 1 aromatic carbocycles. The van der Waals surface area contributed by atoms with E-state index in [-0.39, 0.29) is 11.8 Å². The van der Waals surface area contributed by atoms with E-state index >= 15 is 0 Å². The summed E-state index contributed by atoms with van der Waals surface area (Å²) in [6.07, 6.45) is 2.73. The normalized spacial score (nSPS) is 16.9. The molecule has 0 unspecified atom stereocenters. The molecule has 3 N–H and O–H groups in total. The van der Waals surface area contributed by atoms with Gasteiger partial charge in [0.25, 0.3) is 5.91 Å². The number of carbonyl (C=O) groups excluding carboxylic acids is 2. The van der Waals surface area contributed by atoms with E-state index in [0.29, 0.717) is 24.2 Å². The number of nitrogens with one attached hydrogen (secondary N) is 2. The van der Waals surface area contributed by atoms with Crippen LogP contribution in [0, 0.1) is 12.3 Å². The average molecular weight is 318 g/mol. The lowest BCUT2D eigenvalue weighted by Gasteiger charge is -2.22.